The molecule has 0 saturated heterocycles. The van der Waals surface area contributed by atoms with Gasteiger partial charge in [-0.25, -0.2) is 0 Å². The summed E-state index contributed by atoms with van der Waals surface area (Å²) in [4.78, 5) is 11.8. The lowest BCUT2D eigenvalue weighted by molar-refractivity contribution is -0.113. The highest BCUT2D eigenvalue weighted by atomic mass is 32.2. The molecule has 0 radical (unpaired) electrons. The molecule has 0 fully saturated rings. The van der Waals surface area contributed by atoms with Gasteiger partial charge in [0.2, 0.25) is 12.7 Å². The Balaban J connectivity index is 1.82. The van der Waals surface area contributed by atoms with Gasteiger partial charge in [-0.05, 0) is 25.1 Å². The number of rotatable bonds is 6. The van der Waals surface area contributed by atoms with Crippen LogP contribution in [0.3, 0.4) is 0 Å². The fourth-order valence-corrected chi connectivity index (χ4v) is 2.52. The van der Waals surface area contributed by atoms with Crippen molar-refractivity contribution < 1.29 is 14.3 Å². The van der Waals surface area contributed by atoms with E-state index < -0.39 is 0 Å². The quantitative estimate of drug-likeness (QED) is 0.832. The highest BCUT2D eigenvalue weighted by Gasteiger charge is 2.14. The highest BCUT2D eigenvalue weighted by Crippen LogP contribution is 2.34. The lowest BCUT2D eigenvalue weighted by atomic mass is 10.3. The molecule has 1 amide bonds. The van der Waals surface area contributed by atoms with Crippen molar-refractivity contribution in [2.75, 3.05) is 24.4 Å². The molecule has 1 aromatic rings. The van der Waals surface area contributed by atoms with Gasteiger partial charge < -0.3 is 20.5 Å². The summed E-state index contributed by atoms with van der Waals surface area (Å²) in [6.07, 6.45) is 0.919. The minimum absolute atomic E-state index is 0.0206. The van der Waals surface area contributed by atoms with Gasteiger partial charge in [0.25, 0.3) is 0 Å². The molecule has 1 aromatic carbocycles. The van der Waals surface area contributed by atoms with E-state index in [9.17, 15) is 4.79 Å². The van der Waals surface area contributed by atoms with Crippen LogP contribution < -0.4 is 20.5 Å². The summed E-state index contributed by atoms with van der Waals surface area (Å²) in [5.74, 6) is 1.79. The number of hydrogen-bond donors (Lipinski definition) is 2. The van der Waals surface area contributed by atoms with Gasteiger partial charge in [-0.1, -0.05) is 6.92 Å². The van der Waals surface area contributed by atoms with Crippen LogP contribution in [0.25, 0.3) is 0 Å². The van der Waals surface area contributed by atoms with Gasteiger partial charge in [-0.3, -0.25) is 4.79 Å². The van der Waals surface area contributed by atoms with Gasteiger partial charge >= 0.3 is 0 Å². The number of carbonyl (C=O) groups excluding carboxylic acids is 1. The fourth-order valence-electron chi connectivity index (χ4n) is 1.71. The minimum atomic E-state index is -0.0206. The van der Waals surface area contributed by atoms with Gasteiger partial charge in [-0.2, -0.15) is 0 Å². The number of amides is 1. The van der Waals surface area contributed by atoms with Gasteiger partial charge in [0.1, 0.15) is 0 Å². The maximum absolute atomic E-state index is 11.8. The first-order chi connectivity index (χ1) is 9.19. The number of carbonyl (C=O) groups is 1. The van der Waals surface area contributed by atoms with Crippen LogP contribution in [-0.2, 0) is 4.79 Å². The molecule has 1 aliphatic rings. The van der Waals surface area contributed by atoms with Gasteiger partial charge in [0, 0.05) is 17.0 Å². The summed E-state index contributed by atoms with van der Waals surface area (Å²) < 4.78 is 10.5. The van der Waals surface area contributed by atoms with E-state index in [1.807, 2.05) is 0 Å². The summed E-state index contributed by atoms with van der Waals surface area (Å²) >= 11 is 1.61. The van der Waals surface area contributed by atoms with Crippen molar-refractivity contribution in [2.24, 2.45) is 5.73 Å². The Kier molecular flexibility index (Phi) is 4.93. The van der Waals surface area contributed by atoms with Crippen LogP contribution in [0.15, 0.2) is 18.2 Å². The zero-order valence-corrected chi connectivity index (χ0v) is 11.7. The Morgan fingerprint density at radius 1 is 1.47 bits per heavy atom. The number of nitrogens with two attached hydrogens (primary N) is 1. The Bertz CT molecular complexity index is 454. The lowest BCUT2D eigenvalue weighted by Gasteiger charge is -2.10. The first-order valence-electron chi connectivity index (χ1n) is 6.20. The number of thioether (sulfide) groups is 1. The monoisotopic (exact) mass is 282 g/mol. The van der Waals surface area contributed by atoms with Crippen molar-refractivity contribution in [3.8, 4) is 11.5 Å². The second-order valence-electron chi connectivity index (χ2n) is 4.32. The fraction of sp³-hybridized carbons (Fsp3) is 0.462. The normalized spacial score (nSPS) is 14.2. The SMILES string of the molecule is CC(CCN)SCC(=O)Nc1ccc2c(c1)OCO2. The summed E-state index contributed by atoms with van der Waals surface area (Å²) in [6.45, 7) is 2.96. The molecule has 0 aromatic heterocycles. The third kappa shape index (κ3) is 4.04. The number of nitrogens with one attached hydrogen (secondary N) is 1. The zero-order valence-electron chi connectivity index (χ0n) is 10.8. The molecular formula is C13H18N2O3S. The van der Waals surface area contributed by atoms with Crippen molar-refractivity contribution in [3.05, 3.63) is 18.2 Å². The molecule has 19 heavy (non-hydrogen) atoms. The van der Waals surface area contributed by atoms with E-state index in [0.29, 0.717) is 29.0 Å². The van der Waals surface area contributed by atoms with E-state index >= 15 is 0 Å². The van der Waals surface area contributed by atoms with Crippen LogP contribution in [0, 0.1) is 0 Å². The van der Waals surface area contributed by atoms with Crippen LogP contribution in [-0.4, -0.2) is 30.2 Å². The Morgan fingerprint density at radius 2 is 2.26 bits per heavy atom. The Morgan fingerprint density at radius 3 is 3.05 bits per heavy atom. The van der Waals surface area contributed by atoms with E-state index in [0.717, 1.165) is 12.1 Å². The number of ether oxygens (including phenoxy) is 2. The molecule has 0 saturated carbocycles. The number of hydrogen-bond acceptors (Lipinski definition) is 5. The van der Waals surface area contributed by atoms with E-state index in [1.54, 1.807) is 30.0 Å². The summed E-state index contributed by atoms with van der Waals surface area (Å²) in [7, 11) is 0. The number of benzene rings is 1. The Labute approximate surface area is 116 Å². The molecule has 0 bridgehead atoms. The Hall–Kier alpha value is -1.40. The predicted octanol–water partition coefficient (Wildman–Crippen LogP) is 1.82. The van der Waals surface area contributed by atoms with Gasteiger partial charge in [0.15, 0.2) is 11.5 Å². The van der Waals surface area contributed by atoms with Crippen molar-refractivity contribution in [1.82, 2.24) is 0 Å². The molecule has 1 heterocycles. The second-order valence-corrected chi connectivity index (χ2v) is 5.74. The topological polar surface area (TPSA) is 73.6 Å². The molecule has 104 valence electrons. The molecular weight excluding hydrogens is 264 g/mol. The molecule has 1 unspecified atom stereocenters. The standard InChI is InChI=1S/C13H18N2O3S/c1-9(4-5-14)19-7-13(16)15-10-2-3-11-12(6-10)18-8-17-11/h2-3,6,9H,4-5,7-8,14H2,1H3,(H,15,16). The maximum Gasteiger partial charge on any atom is 0.234 e. The summed E-state index contributed by atoms with van der Waals surface area (Å²) in [6, 6.07) is 5.37. The number of anilines is 1. The largest absolute Gasteiger partial charge is 0.454 e. The average molecular weight is 282 g/mol. The molecule has 0 spiro atoms. The smallest absolute Gasteiger partial charge is 0.234 e. The second kappa shape index (κ2) is 6.68. The maximum atomic E-state index is 11.8. The molecule has 6 heteroatoms. The van der Waals surface area contributed by atoms with Gasteiger partial charge in [0.05, 0.1) is 5.75 Å². The van der Waals surface area contributed by atoms with Crippen LogP contribution in [0.1, 0.15) is 13.3 Å². The lowest BCUT2D eigenvalue weighted by Crippen LogP contribution is -2.16. The minimum Gasteiger partial charge on any atom is -0.454 e. The zero-order chi connectivity index (χ0) is 13.7. The van der Waals surface area contributed by atoms with E-state index in [2.05, 4.69) is 12.2 Å². The van der Waals surface area contributed by atoms with Crippen LogP contribution in [0.5, 0.6) is 11.5 Å². The highest BCUT2D eigenvalue weighted by molar-refractivity contribution is 8.00. The molecule has 1 atom stereocenters. The third-order valence-electron chi connectivity index (χ3n) is 2.73. The van der Waals surface area contributed by atoms with E-state index in [1.165, 1.54) is 0 Å². The van der Waals surface area contributed by atoms with Crippen LogP contribution in [0.2, 0.25) is 0 Å². The molecule has 3 N–H and O–H groups in total. The third-order valence-corrected chi connectivity index (χ3v) is 3.96. The van der Waals surface area contributed by atoms with Crippen LogP contribution in [0.4, 0.5) is 5.69 Å². The average Bonchev–Trinajstić information content (AvgIpc) is 2.84. The molecule has 2 rings (SSSR count). The van der Waals surface area contributed by atoms with Crippen molar-refractivity contribution in [3.63, 3.8) is 0 Å². The van der Waals surface area contributed by atoms with Crippen LogP contribution >= 0.6 is 11.8 Å². The first-order valence-corrected chi connectivity index (χ1v) is 7.25. The number of fused-ring (bicyclic) bond motifs is 1. The predicted molar refractivity (Wildman–Crippen MR) is 76.8 cm³/mol. The molecule has 1 aliphatic heterocycles. The van der Waals surface area contributed by atoms with Gasteiger partial charge in [-0.15, -0.1) is 11.8 Å². The van der Waals surface area contributed by atoms with Crippen molar-refractivity contribution in [2.45, 2.75) is 18.6 Å². The molecule has 0 aliphatic carbocycles. The summed E-state index contributed by atoms with van der Waals surface area (Å²) in [5, 5.41) is 3.24. The van der Waals surface area contributed by atoms with E-state index in [-0.39, 0.29) is 12.7 Å². The van der Waals surface area contributed by atoms with Crippen molar-refractivity contribution in [1.29, 1.82) is 0 Å². The summed E-state index contributed by atoms with van der Waals surface area (Å²) in [5.41, 5.74) is 6.20. The first kappa shape index (κ1) is 14.0. The van der Waals surface area contributed by atoms with E-state index in [4.69, 9.17) is 15.2 Å². The van der Waals surface area contributed by atoms with Crippen molar-refractivity contribution >= 4 is 23.4 Å². The molecule has 5 nitrogen and oxygen atoms in total.